The minimum Gasteiger partial charge on any atom is -0.496 e. The number of hydrogen-bond donors (Lipinski definition) is 1. The van der Waals surface area contributed by atoms with Crippen LogP contribution in [0.5, 0.6) is 5.75 Å². The third-order valence-corrected chi connectivity index (χ3v) is 4.52. The first-order chi connectivity index (χ1) is 9.99. The van der Waals surface area contributed by atoms with Gasteiger partial charge in [0.05, 0.1) is 18.7 Å². The fraction of sp³-hybridized carbons (Fsp3) is 0.294. The summed E-state index contributed by atoms with van der Waals surface area (Å²) in [7, 11) is 3.39. The van der Waals surface area contributed by atoms with E-state index in [9.17, 15) is 4.39 Å². The van der Waals surface area contributed by atoms with Gasteiger partial charge in [-0.25, -0.2) is 4.39 Å². The van der Waals surface area contributed by atoms with E-state index in [1.54, 1.807) is 19.2 Å². The molecular weight excluding hydrogens is 333 g/mol. The van der Waals surface area contributed by atoms with Crippen LogP contribution in [-0.4, -0.2) is 14.2 Å². The van der Waals surface area contributed by atoms with E-state index in [2.05, 4.69) is 33.4 Å². The minimum absolute atomic E-state index is 0.257. The summed E-state index contributed by atoms with van der Waals surface area (Å²) in [6.07, 6.45) is 0. The van der Waals surface area contributed by atoms with Gasteiger partial charge in [-0.1, -0.05) is 28.1 Å². The molecule has 1 atom stereocenters. The van der Waals surface area contributed by atoms with Gasteiger partial charge in [-0.3, -0.25) is 0 Å². The van der Waals surface area contributed by atoms with E-state index in [0.29, 0.717) is 11.3 Å². The summed E-state index contributed by atoms with van der Waals surface area (Å²) in [4.78, 5) is 0. The number of benzene rings is 2. The molecule has 0 spiro atoms. The lowest BCUT2D eigenvalue weighted by molar-refractivity contribution is 0.398. The van der Waals surface area contributed by atoms with Gasteiger partial charge in [0, 0.05) is 4.47 Å². The topological polar surface area (TPSA) is 21.3 Å². The first-order valence-corrected chi connectivity index (χ1v) is 7.55. The van der Waals surface area contributed by atoms with E-state index in [4.69, 9.17) is 4.74 Å². The molecule has 0 aliphatic heterocycles. The zero-order valence-corrected chi connectivity index (χ0v) is 14.2. The van der Waals surface area contributed by atoms with Crippen LogP contribution in [0.25, 0.3) is 0 Å². The minimum atomic E-state index is -0.270. The lowest BCUT2D eigenvalue weighted by atomic mass is 9.92. The second-order valence-electron chi connectivity index (χ2n) is 5.04. The quantitative estimate of drug-likeness (QED) is 0.873. The first-order valence-electron chi connectivity index (χ1n) is 6.76. The molecule has 0 aromatic heterocycles. The molecule has 0 heterocycles. The predicted molar refractivity (Wildman–Crippen MR) is 87.5 cm³/mol. The summed E-state index contributed by atoms with van der Waals surface area (Å²) >= 11 is 3.53. The molecule has 2 nitrogen and oxygen atoms in total. The first kappa shape index (κ1) is 16.0. The molecule has 0 saturated carbocycles. The Labute approximate surface area is 133 Å². The molecule has 2 aromatic rings. The Hall–Kier alpha value is -1.39. The van der Waals surface area contributed by atoms with E-state index in [0.717, 1.165) is 21.2 Å². The third kappa shape index (κ3) is 3.11. The van der Waals surface area contributed by atoms with Gasteiger partial charge < -0.3 is 10.1 Å². The number of methoxy groups -OCH3 is 1. The Morgan fingerprint density at radius 1 is 1.19 bits per heavy atom. The van der Waals surface area contributed by atoms with Crippen LogP contribution in [0, 0.1) is 19.7 Å². The average Bonchev–Trinajstić information content (AvgIpc) is 2.46. The van der Waals surface area contributed by atoms with Gasteiger partial charge in [-0.05, 0) is 55.8 Å². The van der Waals surface area contributed by atoms with Crippen LogP contribution in [0.1, 0.15) is 28.3 Å². The molecule has 2 aromatic carbocycles. The molecule has 4 heteroatoms. The molecule has 0 fully saturated rings. The number of rotatable bonds is 4. The molecule has 112 valence electrons. The maximum atomic E-state index is 14.3. The van der Waals surface area contributed by atoms with Crippen LogP contribution < -0.4 is 10.1 Å². The van der Waals surface area contributed by atoms with Crippen molar-refractivity contribution in [1.82, 2.24) is 5.32 Å². The molecule has 0 bridgehead atoms. The molecule has 0 aliphatic rings. The molecule has 1 N–H and O–H groups in total. The summed E-state index contributed by atoms with van der Waals surface area (Å²) in [5.74, 6) is 0.281. The zero-order valence-electron chi connectivity index (χ0n) is 12.6. The molecule has 0 radical (unpaired) electrons. The average molecular weight is 352 g/mol. The highest BCUT2D eigenvalue weighted by Gasteiger charge is 2.22. The van der Waals surface area contributed by atoms with Crippen molar-refractivity contribution >= 4 is 15.9 Å². The van der Waals surface area contributed by atoms with E-state index in [-0.39, 0.29) is 11.9 Å². The Kier molecular flexibility index (Phi) is 5.01. The van der Waals surface area contributed by atoms with Crippen LogP contribution >= 0.6 is 15.9 Å². The van der Waals surface area contributed by atoms with Crippen molar-refractivity contribution in [2.45, 2.75) is 19.9 Å². The van der Waals surface area contributed by atoms with Crippen molar-refractivity contribution in [2.75, 3.05) is 14.2 Å². The summed E-state index contributed by atoms with van der Waals surface area (Å²) < 4.78 is 20.7. The highest BCUT2D eigenvalue weighted by Crippen LogP contribution is 2.35. The molecular formula is C17H19BrFNO. The van der Waals surface area contributed by atoms with E-state index >= 15 is 0 Å². The summed E-state index contributed by atoms with van der Waals surface area (Å²) in [5.41, 5.74) is 3.79. The zero-order chi connectivity index (χ0) is 15.6. The molecule has 0 aliphatic carbocycles. The second-order valence-corrected chi connectivity index (χ2v) is 5.89. The number of halogens is 2. The molecule has 0 saturated heterocycles. The van der Waals surface area contributed by atoms with E-state index < -0.39 is 0 Å². The summed E-state index contributed by atoms with van der Waals surface area (Å²) in [5, 5.41) is 3.20. The van der Waals surface area contributed by atoms with Crippen molar-refractivity contribution in [2.24, 2.45) is 0 Å². The summed E-state index contributed by atoms with van der Waals surface area (Å²) in [6.45, 7) is 4.05. The predicted octanol–water partition coefficient (Wildman–Crippen LogP) is 4.52. The van der Waals surface area contributed by atoms with Gasteiger partial charge >= 0.3 is 0 Å². The van der Waals surface area contributed by atoms with Crippen molar-refractivity contribution in [3.8, 4) is 5.75 Å². The molecule has 0 amide bonds. The Morgan fingerprint density at radius 2 is 1.90 bits per heavy atom. The molecule has 21 heavy (non-hydrogen) atoms. The fourth-order valence-corrected chi connectivity index (χ4v) is 3.00. The number of ether oxygens (including phenoxy) is 1. The van der Waals surface area contributed by atoms with Crippen LogP contribution in [0.3, 0.4) is 0 Å². The highest BCUT2D eigenvalue weighted by atomic mass is 79.9. The van der Waals surface area contributed by atoms with Crippen LogP contribution in [0.2, 0.25) is 0 Å². The third-order valence-electron chi connectivity index (χ3n) is 3.67. The van der Waals surface area contributed by atoms with Crippen LogP contribution in [0.4, 0.5) is 4.39 Å². The van der Waals surface area contributed by atoms with Gasteiger partial charge in [0.2, 0.25) is 0 Å². The fourth-order valence-electron chi connectivity index (χ4n) is 2.55. The van der Waals surface area contributed by atoms with Gasteiger partial charge in [-0.2, -0.15) is 0 Å². The van der Waals surface area contributed by atoms with Gasteiger partial charge in [0.1, 0.15) is 11.6 Å². The lowest BCUT2D eigenvalue weighted by Crippen LogP contribution is -2.21. The SMILES string of the molecule is CNC(c1cc(C)c(Br)cc1C)c1c(F)cccc1OC. The van der Waals surface area contributed by atoms with Crippen LogP contribution in [0.15, 0.2) is 34.8 Å². The smallest absolute Gasteiger partial charge is 0.132 e. The van der Waals surface area contributed by atoms with Crippen molar-refractivity contribution in [3.63, 3.8) is 0 Å². The molecule has 2 rings (SSSR count). The largest absolute Gasteiger partial charge is 0.496 e. The monoisotopic (exact) mass is 351 g/mol. The second kappa shape index (κ2) is 6.58. The number of nitrogens with one attached hydrogen (secondary N) is 1. The van der Waals surface area contributed by atoms with E-state index in [1.807, 2.05) is 20.9 Å². The van der Waals surface area contributed by atoms with Crippen molar-refractivity contribution in [1.29, 1.82) is 0 Å². The Morgan fingerprint density at radius 3 is 2.52 bits per heavy atom. The van der Waals surface area contributed by atoms with Gasteiger partial charge in [0.15, 0.2) is 0 Å². The summed E-state index contributed by atoms with van der Waals surface area (Å²) in [6, 6.07) is 8.78. The van der Waals surface area contributed by atoms with Gasteiger partial charge in [-0.15, -0.1) is 0 Å². The van der Waals surface area contributed by atoms with Crippen LogP contribution in [-0.2, 0) is 0 Å². The van der Waals surface area contributed by atoms with Crippen molar-refractivity contribution in [3.05, 3.63) is 62.9 Å². The normalized spacial score (nSPS) is 12.3. The maximum Gasteiger partial charge on any atom is 0.132 e. The Bertz CT molecular complexity index is 657. The number of aryl methyl sites for hydroxylation is 2. The lowest BCUT2D eigenvalue weighted by Gasteiger charge is -2.23. The van der Waals surface area contributed by atoms with Crippen molar-refractivity contribution < 1.29 is 9.13 Å². The molecule has 1 unspecified atom stereocenters. The Balaban J connectivity index is 2.63. The maximum absolute atomic E-state index is 14.3. The highest BCUT2D eigenvalue weighted by molar-refractivity contribution is 9.10. The van der Waals surface area contributed by atoms with E-state index in [1.165, 1.54) is 6.07 Å². The number of hydrogen-bond acceptors (Lipinski definition) is 2. The van der Waals surface area contributed by atoms with Gasteiger partial charge in [0.25, 0.3) is 0 Å². The standard InChI is InChI=1S/C17H19BrFNO/c1-10-9-13(18)11(2)8-12(10)17(20-3)16-14(19)6-5-7-15(16)21-4/h5-9,17,20H,1-4H3.